The van der Waals surface area contributed by atoms with Gasteiger partial charge in [0.1, 0.15) is 0 Å². The molecule has 1 aromatic rings. The van der Waals surface area contributed by atoms with Gasteiger partial charge in [-0.3, -0.25) is 9.80 Å². The van der Waals surface area contributed by atoms with Gasteiger partial charge in [0.05, 0.1) is 0 Å². The number of nitrogens with zero attached hydrogens (tertiary/aromatic N) is 2. The molecule has 1 aromatic carbocycles. The first kappa shape index (κ1) is 21.7. The van der Waals surface area contributed by atoms with Gasteiger partial charge in [-0.25, -0.2) is 0 Å². The van der Waals surface area contributed by atoms with Crippen LogP contribution >= 0.6 is 24.8 Å². The van der Waals surface area contributed by atoms with Crippen molar-refractivity contribution in [3.05, 3.63) is 34.9 Å². The molecule has 1 atom stereocenters. The number of rotatable bonds is 5. The molecule has 0 aromatic heterocycles. The number of hydrogen-bond donors (Lipinski definition) is 1. The molecule has 22 heavy (non-hydrogen) atoms. The Morgan fingerprint density at radius 1 is 1.18 bits per heavy atom. The van der Waals surface area contributed by atoms with Crippen LogP contribution in [0.15, 0.2) is 18.2 Å². The number of aryl methyl sites for hydroxylation is 2. The molecule has 1 heterocycles. The fraction of sp³-hybridized carbons (Fsp3) is 0.647. The maximum Gasteiger partial charge on any atom is 0.0320 e. The zero-order chi connectivity index (χ0) is 14.5. The monoisotopic (exact) mass is 347 g/mol. The highest BCUT2D eigenvalue weighted by Crippen LogP contribution is 2.23. The standard InChI is InChI=1S/C17H29N3.2ClH/c1-14-5-6-17(15(2)13-14)16(3)19(4)11-12-20-9-7-18-8-10-20;;/h5-6,13,16,18H,7-12H2,1-4H3;2*1H. The van der Waals surface area contributed by atoms with Crippen LogP contribution in [0.25, 0.3) is 0 Å². The van der Waals surface area contributed by atoms with E-state index in [0.717, 1.165) is 19.6 Å². The fourth-order valence-electron chi connectivity index (χ4n) is 2.96. The molecule has 1 aliphatic heterocycles. The van der Waals surface area contributed by atoms with Gasteiger partial charge in [0.2, 0.25) is 0 Å². The van der Waals surface area contributed by atoms with Crippen molar-refractivity contribution in [2.45, 2.75) is 26.8 Å². The van der Waals surface area contributed by atoms with Crippen molar-refractivity contribution in [3.8, 4) is 0 Å². The van der Waals surface area contributed by atoms with E-state index in [4.69, 9.17) is 0 Å². The van der Waals surface area contributed by atoms with Crippen LogP contribution in [0.1, 0.15) is 29.7 Å². The minimum atomic E-state index is 0. The second kappa shape index (κ2) is 10.5. The first-order valence-electron chi connectivity index (χ1n) is 7.78. The first-order valence-corrected chi connectivity index (χ1v) is 7.78. The molecule has 1 aliphatic rings. The SMILES string of the molecule is Cc1ccc(C(C)N(C)CCN2CCNCC2)c(C)c1.Cl.Cl. The third-order valence-corrected chi connectivity index (χ3v) is 4.52. The van der Waals surface area contributed by atoms with E-state index >= 15 is 0 Å². The van der Waals surface area contributed by atoms with Crippen LogP contribution in [0.3, 0.4) is 0 Å². The highest BCUT2D eigenvalue weighted by atomic mass is 35.5. The van der Waals surface area contributed by atoms with E-state index in [2.05, 4.69) is 61.1 Å². The molecule has 1 saturated heterocycles. The summed E-state index contributed by atoms with van der Waals surface area (Å²) < 4.78 is 0. The number of likely N-dealkylation sites (N-methyl/N-ethyl adjacent to an activating group) is 1. The van der Waals surface area contributed by atoms with Gasteiger partial charge in [0, 0.05) is 45.3 Å². The Hall–Kier alpha value is -0.320. The van der Waals surface area contributed by atoms with Crippen molar-refractivity contribution in [2.75, 3.05) is 46.3 Å². The van der Waals surface area contributed by atoms with Crippen LogP contribution in [0.4, 0.5) is 0 Å². The summed E-state index contributed by atoms with van der Waals surface area (Å²) in [5.74, 6) is 0. The average Bonchev–Trinajstić information content (AvgIpc) is 2.45. The Balaban J connectivity index is 0.00000220. The van der Waals surface area contributed by atoms with Gasteiger partial charge >= 0.3 is 0 Å². The summed E-state index contributed by atoms with van der Waals surface area (Å²) in [6, 6.07) is 7.29. The van der Waals surface area contributed by atoms with E-state index in [1.807, 2.05) is 0 Å². The van der Waals surface area contributed by atoms with Gasteiger partial charge in [-0.05, 0) is 38.9 Å². The van der Waals surface area contributed by atoms with Crippen molar-refractivity contribution in [2.24, 2.45) is 0 Å². The van der Waals surface area contributed by atoms with Crippen LogP contribution in [0.2, 0.25) is 0 Å². The van der Waals surface area contributed by atoms with Gasteiger partial charge in [0.25, 0.3) is 0 Å². The molecule has 128 valence electrons. The molecule has 0 bridgehead atoms. The maximum atomic E-state index is 3.41. The molecule has 5 heteroatoms. The molecular weight excluding hydrogens is 317 g/mol. The van der Waals surface area contributed by atoms with Crippen molar-refractivity contribution in [1.29, 1.82) is 0 Å². The highest BCUT2D eigenvalue weighted by Gasteiger charge is 2.15. The Labute approximate surface area is 148 Å². The van der Waals surface area contributed by atoms with Crippen LogP contribution in [-0.2, 0) is 0 Å². The van der Waals surface area contributed by atoms with Gasteiger partial charge in [-0.2, -0.15) is 0 Å². The lowest BCUT2D eigenvalue weighted by Crippen LogP contribution is -2.46. The molecule has 0 spiro atoms. The predicted molar refractivity (Wildman–Crippen MR) is 101 cm³/mol. The number of benzene rings is 1. The molecule has 0 amide bonds. The normalized spacial score (nSPS) is 16.8. The molecule has 0 saturated carbocycles. The average molecular weight is 348 g/mol. The number of piperazine rings is 1. The van der Waals surface area contributed by atoms with Gasteiger partial charge in [-0.1, -0.05) is 23.8 Å². The summed E-state index contributed by atoms with van der Waals surface area (Å²) in [6.07, 6.45) is 0. The predicted octanol–water partition coefficient (Wildman–Crippen LogP) is 3.05. The summed E-state index contributed by atoms with van der Waals surface area (Å²) in [6.45, 7) is 13.7. The number of halogens is 2. The van der Waals surface area contributed by atoms with E-state index in [-0.39, 0.29) is 24.8 Å². The Bertz CT molecular complexity index is 434. The van der Waals surface area contributed by atoms with Crippen molar-refractivity contribution < 1.29 is 0 Å². The largest absolute Gasteiger partial charge is 0.314 e. The molecule has 2 rings (SSSR count). The third-order valence-electron chi connectivity index (χ3n) is 4.52. The zero-order valence-corrected chi connectivity index (χ0v) is 15.9. The first-order chi connectivity index (χ1) is 9.58. The lowest BCUT2D eigenvalue weighted by molar-refractivity contribution is 0.183. The third kappa shape index (κ3) is 6.05. The summed E-state index contributed by atoms with van der Waals surface area (Å²) in [5, 5.41) is 3.41. The summed E-state index contributed by atoms with van der Waals surface area (Å²) in [4.78, 5) is 5.03. The Kier molecular flexibility index (Phi) is 10.3. The molecule has 1 N–H and O–H groups in total. The van der Waals surface area contributed by atoms with Crippen molar-refractivity contribution in [3.63, 3.8) is 0 Å². The minimum Gasteiger partial charge on any atom is -0.314 e. The summed E-state index contributed by atoms with van der Waals surface area (Å²) in [7, 11) is 2.24. The number of hydrogen-bond acceptors (Lipinski definition) is 3. The second-order valence-corrected chi connectivity index (χ2v) is 6.11. The summed E-state index contributed by atoms with van der Waals surface area (Å²) >= 11 is 0. The van der Waals surface area contributed by atoms with Gasteiger partial charge in [-0.15, -0.1) is 24.8 Å². The number of nitrogens with one attached hydrogen (secondary N) is 1. The minimum absolute atomic E-state index is 0. The molecular formula is C17H31Cl2N3. The van der Waals surface area contributed by atoms with E-state index in [0.29, 0.717) is 6.04 Å². The smallest absolute Gasteiger partial charge is 0.0320 e. The fourth-order valence-corrected chi connectivity index (χ4v) is 2.96. The second-order valence-electron chi connectivity index (χ2n) is 6.11. The van der Waals surface area contributed by atoms with Crippen LogP contribution < -0.4 is 5.32 Å². The van der Waals surface area contributed by atoms with Crippen molar-refractivity contribution in [1.82, 2.24) is 15.1 Å². The van der Waals surface area contributed by atoms with Crippen molar-refractivity contribution >= 4 is 24.8 Å². The molecule has 1 fully saturated rings. The van der Waals surface area contributed by atoms with Gasteiger partial charge in [0.15, 0.2) is 0 Å². The lowest BCUT2D eigenvalue weighted by Gasteiger charge is -2.32. The highest BCUT2D eigenvalue weighted by molar-refractivity contribution is 5.85. The van der Waals surface area contributed by atoms with E-state index in [1.54, 1.807) is 0 Å². The van der Waals surface area contributed by atoms with Crippen LogP contribution in [-0.4, -0.2) is 56.1 Å². The van der Waals surface area contributed by atoms with E-state index < -0.39 is 0 Å². The Morgan fingerprint density at radius 2 is 1.82 bits per heavy atom. The Morgan fingerprint density at radius 3 is 2.41 bits per heavy atom. The lowest BCUT2D eigenvalue weighted by atomic mass is 9.99. The van der Waals surface area contributed by atoms with Gasteiger partial charge < -0.3 is 5.32 Å². The van der Waals surface area contributed by atoms with E-state index in [9.17, 15) is 0 Å². The topological polar surface area (TPSA) is 18.5 Å². The molecule has 3 nitrogen and oxygen atoms in total. The summed E-state index contributed by atoms with van der Waals surface area (Å²) in [5.41, 5.74) is 4.21. The quantitative estimate of drug-likeness (QED) is 0.882. The van der Waals surface area contributed by atoms with Crippen LogP contribution in [0, 0.1) is 13.8 Å². The maximum absolute atomic E-state index is 3.41. The molecule has 0 aliphatic carbocycles. The zero-order valence-electron chi connectivity index (χ0n) is 14.3. The molecule has 1 unspecified atom stereocenters. The van der Waals surface area contributed by atoms with Crippen LogP contribution in [0.5, 0.6) is 0 Å². The van der Waals surface area contributed by atoms with E-state index in [1.165, 1.54) is 36.3 Å². The molecule has 0 radical (unpaired) electrons.